The van der Waals surface area contributed by atoms with Crippen LogP contribution < -0.4 is 11.1 Å². The summed E-state index contributed by atoms with van der Waals surface area (Å²) in [5, 5.41) is 3.32. The molecule has 1 rings (SSSR count). The molecule has 0 fully saturated rings. The van der Waals surface area contributed by atoms with Gasteiger partial charge in [0.1, 0.15) is 0 Å². The molecule has 0 aromatic heterocycles. The number of rotatable bonds is 4. The van der Waals surface area contributed by atoms with E-state index in [0.29, 0.717) is 0 Å². The first kappa shape index (κ1) is 10.6. The first-order chi connectivity index (χ1) is 6.74. The second-order valence-electron chi connectivity index (χ2n) is 3.36. The minimum absolute atomic E-state index is 0.848. The van der Waals surface area contributed by atoms with Gasteiger partial charge in [-0.25, -0.2) is 0 Å². The topological polar surface area (TPSA) is 38.0 Å². The zero-order chi connectivity index (χ0) is 10.4. The lowest BCUT2D eigenvalue weighted by atomic mass is 10.2. The van der Waals surface area contributed by atoms with Crippen LogP contribution in [-0.2, 0) is 0 Å². The summed E-state index contributed by atoms with van der Waals surface area (Å²) in [6.45, 7) is 5.00. The van der Waals surface area contributed by atoms with Crippen LogP contribution in [-0.4, -0.2) is 6.54 Å². The van der Waals surface area contributed by atoms with E-state index in [-0.39, 0.29) is 0 Å². The standard InChI is InChI=1S/C12H18N2/c1-3-4-5-8-14-11-7-6-10(2)12(13)9-11/h3-4,6-7,9,14H,5,8,13H2,1-2H3/b4-3+. The maximum Gasteiger partial charge on any atom is 0.0364 e. The highest BCUT2D eigenvalue weighted by Gasteiger charge is 1.94. The molecule has 3 N–H and O–H groups in total. The molecular weight excluding hydrogens is 172 g/mol. The van der Waals surface area contributed by atoms with E-state index in [1.165, 1.54) is 0 Å². The zero-order valence-electron chi connectivity index (χ0n) is 8.88. The second kappa shape index (κ2) is 5.32. The normalized spacial score (nSPS) is 10.7. The molecule has 0 radical (unpaired) electrons. The molecule has 0 unspecified atom stereocenters. The van der Waals surface area contributed by atoms with Crippen LogP contribution in [0.3, 0.4) is 0 Å². The van der Waals surface area contributed by atoms with E-state index in [2.05, 4.69) is 23.5 Å². The van der Waals surface area contributed by atoms with Crippen LogP contribution in [0, 0.1) is 6.92 Å². The van der Waals surface area contributed by atoms with Crippen LogP contribution in [0.4, 0.5) is 11.4 Å². The zero-order valence-corrected chi connectivity index (χ0v) is 8.88. The van der Waals surface area contributed by atoms with Gasteiger partial charge in [-0.1, -0.05) is 18.2 Å². The predicted molar refractivity (Wildman–Crippen MR) is 63.5 cm³/mol. The number of benzene rings is 1. The molecule has 0 saturated heterocycles. The van der Waals surface area contributed by atoms with Crippen molar-refractivity contribution in [3.8, 4) is 0 Å². The van der Waals surface area contributed by atoms with Crippen molar-refractivity contribution in [1.82, 2.24) is 0 Å². The van der Waals surface area contributed by atoms with Gasteiger partial charge in [-0.3, -0.25) is 0 Å². The fourth-order valence-electron chi connectivity index (χ4n) is 1.22. The molecule has 14 heavy (non-hydrogen) atoms. The summed E-state index contributed by atoms with van der Waals surface area (Å²) in [6.07, 6.45) is 5.25. The van der Waals surface area contributed by atoms with Gasteiger partial charge in [0.2, 0.25) is 0 Å². The van der Waals surface area contributed by atoms with Crippen LogP contribution >= 0.6 is 0 Å². The van der Waals surface area contributed by atoms with Gasteiger partial charge in [0.15, 0.2) is 0 Å². The lowest BCUT2D eigenvalue weighted by Gasteiger charge is -2.06. The summed E-state index contributed by atoms with van der Waals surface area (Å²) < 4.78 is 0. The number of aryl methyl sites for hydroxylation is 1. The van der Waals surface area contributed by atoms with Crippen molar-refractivity contribution in [2.75, 3.05) is 17.6 Å². The largest absolute Gasteiger partial charge is 0.398 e. The third kappa shape index (κ3) is 3.13. The average molecular weight is 190 g/mol. The molecule has 1 aromatic carbocycles. The molecule has 2 heteroatoms. The molecule has 0 saturated carbocycles. The summed E-state index contributed by atoms with van der Waals surface area (Å²) >= 11 is 0. The van der Waals surface area contributed by atoms with Gasteiger partial charge in [-0.15, -0.1) is 0 Å². The Morgan fingerprint density at radius 3 is 2.86 bits per heavy atom. The van der Waals surface area contributed by atoms with Crippen LogP contribution in [0.2, 0.25) is 0 Å². The molecule has 0 atom stereocenters. The van der Waals surface area contributed by atoms with Crippen molar-refractivity contribution in [2.24, 2.45) is 0 Å². The van der Waals surface area contributed by atoms with Crippen molar-refractivity contribution in [3.05, 3.63) is 35.9 Å². The highest BCUT2D eigenvalue weighted by atomic mass is 14.9. The SMILES string of the molecule is C/C=C/CCNc1ccc(C)c(N)c1. The molecule has 0 aliphatic heterocycles. The molecule has 0 aliphatic rings. The van der Waals surface area contributed by atoms with Crippen molar-refractivity contribution >= 4 is 11.4 Å². The lowest BCUT2D eigenvalue weighted by Crippen LogP contribution is -2.01. The maximum absolute atomic E-state index is 5.80. The van der Waals surface area contributed by atoms with Gasteiger partial charge in [0.25, 0.3) is 0 Å². The van der Waals surface area contributed by atoms with Gasteiger partial charge in [0, 0.05) is 17.9 Å². The number of hydrogen-bond donors (Lipinski definition) is 2. The third-order valence-corrected chi connectivity index (χ3v) is 2.16. The van der Waals surface area contributed by atoms with E-state index in [9.17, 15) is 0 Å². The fourth-order valence-corrected chi connectivity index (χ4v) is 1.22. The van der Waals surface area contributed by atoms with Crippen molar-refractivity contribution < 1.29 is 0 Å². The minimum atomic E-state index is 0.848. The quantitative estimate of drug-likeness (QED) is 0.435. The van der Waals surface area contributed by atoms with Crippen LogP contribution in [0.15, 0.2) is 30.4 Å². The molecule has 0 amide bonds. The number of nitrogens with one attached hydrogen (secondary N) is 1. The maximum atomic E-state index is 5.80. The molecule has 0 bridgehead atoms. The van der Waals surface area contributed by atoms with E-state index in [1.807, 2.05) is 26.0 Å². The minimum Gasteiger partial charge on any atom is -0.398 e. The first-order valence-corrected chi connectivity index (χ1v) is 4.95. The average Bonchev–Trinajstić information content (AvgIpc) is 2.18. The number of hydrogen-bond acceptors (Lipinski definition) is 2. The number of anilines is 2. The number of allylic oxidation sites excluding steroid dienone is 1. The summed E-state index contributed by atoms with van der Waals surface area (Å²) in [5.41, 5.74) is 8.87. The monoisotopic (exact) mass is 190 g/mol. The molecule has 0 spiro atoms. The molecule has 2 nitrogen and oxygen atoms in total. The van der Waals surface area contributed by atoms with Gasteiger partial charge < -0.3 is 11.1 Å². The van der Waals surface area contributed by atoms with Gasteiger partial charge in [-0.05, 0) is 38.0 Å². The highest BCUT2D eigenvalue weighted by Crippen LogP contribution is 2.16. The van der Waals surface area contributed by atoms with Gasteiger partial charge in [-0.2, -0.15) is 0 Å². The van der Waals surface area contributed by atoms with E-state index in [4.69, 9.17) is 5.73 Å². The Morgan fingerprint density at radius 2 is 2.21 bits per heavy atom. The van der Waals surface area contributed by atoms with E-state index in [1.54, 1.807) is 0 Å². The molecular formula is C12H18N2. The smallest absolute Gasteiger partial charge is 0.0364 e. The van der Waals surface area contributed by atoms with Gasteiger partial charge in [0.05, 0.1) is 0 Å². The summed E-state index contributed by atoms with van der Waals surface area (Å²) in [6, 6.07) is 6.07. The molecule has 0 aliphatic carbocycles. The summed E-state index contributed by atoms with van der Waals surface area (Å²) in [5.74, 6) is 0. The van der Waals surface area contributed by atoms with Crippen molar-refractivity contribution in [1.29, 1.82) is 0 Å². The third-order valence-electron chi connectivity index (χ3n) is 2.16. The predicted octanol–water partition coefficient (Wildman–Crippen LogP) is 2.96. The molecule has 0 heterocycles. The fraction of sp³-hybridized carbons (Fsp3) is 0.333. The van der Waals surface area contributed by atoms with E-state index >= 15 is 0 Å². The first-order valence-electron chi connectivity index (χ1n) is 4.95. The Morgan fingerprint density at radius 1 is 1.43 bits per heavy atom. The summed E-state index contributed by atoms with van der Waals surface area (Å²) in [4.78, 5) is 0. The highest BCUT2D eigenvalue weighted by molar-refractivity contribution is 5.58. The Bertz CT molecular complexity index is 316. The van der Waals surface area contributed by atoms with Gasteiger partial charge >= 0.3 is 0 Å². The van der Waals surface area contributed by atoms with Crippen LogP contribution in [0.25, 0.3) is 0 Å². The molecule has 1 aromatic rings. The van der Waals surface area contributed by atoms with Crippen LogP contribution in [0.1, 0.15) is 18.9 Å². The Balaban J connectivity index is 2.47. The molecule has 76 valence electrons. The Kier molecular flexibility index (Phi) is 4.05. The van der Waals surface area contributed by atoms with Crippen molar-refractivity contribution in [3.63, 3.8) is 0 Å². The Hall–Kier alpha value is -1.44. The lowest BCUT2D eigenvalue weighted by molar-refractivity contribution is 1.06. The summed E-state index contributed by atoms with van der Waals surface area (Å²) in [7, 11) is 0. The number of nitrogen functional groups attached to an aromatic ring is 1. The second-order valence-corrected chi connectivity index (χ2v) is 3.36. The van der Waals surface area contributed by atoms with E-state index < -0.39 is 0 Å². The van der Waals surface area contributed by atoms with Crippen molar-refractivity contribution in [2.45, 2.75) is 20.3 Å². The van der Waals surface area contributed by atoms with E-state index in [0.717, 1.165) is 29.9 Å². The van der Waals surface area contributed by atoms with Crippen LogP contribution in [0.5, 0.6) is 0 Å². The Labute approximate surface area is 85.8 Å². The number of nitrogens with two attached hydrogens (primary N) is 1.